The van der Waals surface area contributed by atoms with Gasteiger partial charge in [-0.3, -0.25) is 9.36 Å². The van der Waals surface area contributed by atoms with Gasteiger partial charge in [-0.05, 0) is 51.5 Å². The molecular formula is C21H25N3O4S. The van der Waals surface area contributed by atoms with Crippen molar-refractivity contribution in [2.75, 3.05) is 13.3 Å². The predicted molar refractivity (Wildman–Crippen MR) is 110 cm³/mol. The topological polar surface area (TPSA) is 85.4 Å². The number of hydrogen-bond acceptors (Lipinski definition) is 5. The van der Waals surface area contributed by atoms with Crippen LogP contribution in [0.4, 0.5) is 0 Å². The van der Waals surface area contributed by atoms with Gasteiger partial charge in [0.05, 0.1) is 16.5 Å². The summed E-state index contributed by atoms with van der Waals surface area (Å²) < 4.78 is 30.4. The zero-order valence-corrected chi connectivity index (χ0v) is 18.2. The van der Waals surface area contributed by atoms with Crippen LogP contribution in [0.25, 0.3) is 5.82 Å². The fraction of sp³-hybridized carbons (Fsp3) is 0.333. The third kappa shape index (κ3) is 3.98. The molecule has 1 atom stereocenters. The first-order chi connectivity index (χ1) is 13.5. The van der Waals surface area contributed by atoms with Crippen LogP contribution in [0.5, 0.6) is 0 Å². The van der Waals surface area contributed by atoms with Crippen LogP contribution in [-0.2, 0) is 9.84 Å². The lowest BCUT2D eigenvalue weighted by Crippen LogP contribution is -2.30. The van der Waals surface area contributed by atoms with Crippen molar-refractivity contribution in [3.05, 3.63) is 64.7 Å². The number of rotatable bonds is 5. The molecule has 3 rings (SSSR count). The SMILES string of the molecule is Cc1cc(-n2c(C)cc(C(=O)N(C)[C@H](C)c3ccc(S(C)(=O)=O)cc3)c2C)no1. The summed E-state index contributed by atoms with van der Waals surface area (Å²) in [5.74, 6) is 1.22. The van der Waals surface area contributed by atoms with Gasteiger partial charge in [0.15, 0.2) is 15.7 Å². The minimum atomic E-state index is -3.25. The number of hydrogen-bond donors (Lipinski definition) is 0. The van der Waals surface area contributed by atoms with Crippen LogP contribution >= 0.6 is 0 Å². The number of carbonyl (C=O) groups is 1. The molecule has 2 aromatic heterocycles. The average Bonchev–Trinajstić information content (AvgIpc) is 3.21. The van der Waals surface area contributed by atoms with Crippen LogP contribution in [0.2, 0.25) is 0 Å². The number of aryl methyl sites for hydroxylation is 2. The van der Waals surface area contributed by atoms with Gasteiger partial charge in [-0.2, -0.15) is 0 Å². The Morgan fingerprint density at radius 1 is 1.14 bits per heavy atom. The molecule has 0 aliphatic carbocycles. The zero-order valence-electron chi connectivity index (χ0n) is 17.4. The van der Waals surface area contributed by atoms with Crippen molar-refractivity contribution in [1.29, 1.82) is 0 Å². The van der Waals surface area contributed by atoms with Crippen molar-refractivity contribution >= 4 is 15.7 Å². The molecule has 0 saturated heterocycles. The van der Waals surface area contributed by atoms with Gasteiger partial charge >= 0.3 is 0 Å². The second-order valence-electron chi connectivity index (χ2n) is 7.35. The molecular weight excluding hydrogens is 390 g/mol. The Kier molecular flexibility index (Phi) is 5.40. The molecule has 0 aliphatic rings. The number of carbonyl (C=O) groups excluding carboxylic acids is 1. The quantitative estimate of drug-likeness (QED) is 0.635. The first-order valence-corrected chi connectivity index (χ1v) is 11.1. The summed E-state index contributed by atoms with van der Waals surface area (Å²) in [6, 6.07) is 10.1. The standard InChI is InChI=1S/C21H25N3O4S/c1-13-11-19(16(4)24(13)20-12-14(2)28-22-20)21(25)23(5)15(3)17-7-9-18(10-8-17)29(6,26)27/h7-12,15H,1-6H3/t15-/m1/s1. The van der Waals surface area contributed by atoms with Crippen LogP contribution in [0, 0.1) is 20.8 Å². The second-order valence-corrected chi connectivity index (χ2v) is 9.36. The molecule has 0 aliphatic heterocycles. The Labute approximate surface area is 170 Å². The van der Waals surface area contributed by atoms with E-state index in [-0.39, 0.29) is 16.8 Å². The van der Waals surface area contributed by atoms with Crippen molar-refractivity contribution in [3.63, 3.8) is 0 Å². The summed E-state index contributed by atoms with van der Waals surface area (Å²) in [7, 11) is -1.51. The van der Waals surface area contributed by atoms with E-state index >= 15 is 0 Å². The van der Waals surface area contributed by atoms with E-state index < -0.39 is 9.84 Å². The molecule has 154 valence electrons. The molecule has 1 amide bonds. The summed E-state index contributed by atoms with van der Waals surface area (Å²) in [4.78, 5) is 15.1. The number of nitrogens with zero attached hydrogens (tertiary/aromatic N) is 3. The molecule has 0 bridgehead atoms. The molecule has 0 spiro atoms. The van der Waals surface area contributed by atoms with E-state index in [2.05, 4.69) is 5.16 Å². The van der Waals surface area contributed by atoms with Gasteiger partial charge in [0, 0.05) is 30.8 Å². The normalized spacial score (nSPS) is 12.8. The van der Waals surface area contributed by atoms with Gasteiger partial charge in [0.1, 0.15) is 5.76 Å². The van der Waals surface area contributed by atoms with Crippen molar-refractivity contribution in [2.24, 2.45) is 0 Å². The molecule has 0 saturated carbocycles. The van der Waals surface area contributed by atoms with Crippen LogP contribution in [0.3, 0.4) is 0 Å². The summed E-state index contributed by atoms with van der Waals surface area (Å²) in [5, 5.41) is 4.05. The molecule has 0 N–H and O–H groups in total. The number of sulfone groups is 1. The van der Waals surface area contributed by atoms with Crippen LogP contribution in [-0.4, -0.2) is 42.3 Å². The average molecular weight is 416 g/mol. The third-order valence-electron chi connectivity index (χ3n) is 5.20. The molecule has 2 heterocycles. The highest BCUT2D eigenvalue weighted by atomic mass is 32.2. The van der Waals surface area contributed by atoms with Crippen LogP contribution in [0.15, 0.2) is 45.8 Å². The van der Waals surface area contributed by atoms with E-state index in [4.69, 9.17) is 4.52 Å². The fourth-order valence-electron chi connectivity index (χ4n) is 3.37. The molecule has 0 unspecified atom stereocenters. The largest absolute Gasteiger partial charge is 0.360 e. The summed E-state index contributed by atoms with van der Waals surface area (Å²) in [6.45, 7) is 7.53. The molecule has 0 fully saturated rings. The maximum atomic E-state index is 13.2. The number of benzene rings is 1. The van der Waals surface area contributed by atoms with Gasteiger partial charge in [0.2, 0.25) is 0 Å². The van der Waals surface area contributed by atoms with Crippen LogP contribution in [0.1, 0.15) is 46.0 Å². The Morgan fingerprint density at radius 3 is 2.28 bits per heavy atom. The summed E-state index contributed by atoms with van der Waals surface area (Å²) in [6.07, 6.45) is 1.17. The van der Waals surface area contributed by atoms with E-state index in [0.29, 0.717) is 17.1 Å². The highest BCUT2D eigenvalue weighted by molar-refractivity contribution is 7.90. The van der Waals surface area contributed by atoms with Crippen molar-refractivity contribution < 1.29 is 17.7 Å². The van der Waals surface area contributed by atoms with E-state index in [1.54, 1.807) is 36.2 Å². The Balaban J connectivity index is 1.88. The molecule has 1 aromatic carbocycles. The first kappa shape index (κ1) is 20.9. The van der Waals surface area contributed by atoms with Gasteiger partial charge in [-0.25, -0.2) is 8.42 Å². The lowest BCUT2D eigenvalue weighted by molar-refractivity contribution is 0.0742. The molecule has 8 heteroatoms. The number of aromatic nitrogens is 2. The fourth-order valence-corrected chi connectivity index (χ4v) is 4.00. The molecule has 3 aromatic rings. The van der Waals surface area contributed by atoms with Gasteiger partial charge in [0.25, 0.3) is 5.91 Å². The van der Waals surface area contributed by atoms with E-state index in [1.807, 2.05) is 44.4 Å². The van der Waals surface area contributed by atoms with E-state index in [9.17, 15) is 13.2 Å². The van der Waals surface area contributed by atoms with Gasteiger partial charge < -0.3 is 9.42 Å². The van der Waals surface area contributed by atoms with Crippen LogP contribution < -0.4 is 0 Å². The zero-order chi connectivity index (χ0) is 21.5. The Bertz CT molecular complexity index is 1160. The first-order valence-electron chi connectivity index (χ1n) is 9.20. The monoisotopic (exact) mass is 415 g/mol. The molecule has 0 radical (unpaired) electrons. The van der Waals surface area contributed by atoms with E-state index in [1.165, 1.54) is 6.26 Å². The molecule has 7 nitrogen and oxygen atoms in total. The van der Waals surface area contributed by atoms with Gasteiger partial charge in [-0.15, -0.1) is 0 Å². The predicted octanol–water partition coefficient (Wildman–Crippen LogP) is 3.63. The minimum absolute atomic E-state index is 0.121. The lowest BCUT2D eigenvalue weighted by atomic mass is 10.1. The minimum Gasteiger partial charge on any atom is -0.360 e. The van der Waals surface area contributed by atoms with Gasteiger partial charge in [-0.1, -0.05) is 17.3 Å². The smallest absolute Gasteiger partial charge is 0.255 e. The highest BCUT2D eigenvalue weighted by Gasteiger charge is 2.24. The van der Waals surface area contributed by atoms with Crippen molar-refractivity contribution in [2.45, 2.75) is 38.6 Å². The second kappa shape index (κ2) is 7.51. The maximum absolute atomic E-state index is 13.2. The molecule has 29 heavy (non-hydrogen) atoms. The Hall–Kier alpha value is -2.87. The van der Waals surface area contributed by atoms with Crippen molar-refractivity contribution in [1.82, 2.24) is 14.6 Å². The Morgan fingerprint density at radius 2 is 1.76 bits per heavy atom. The lowest BCUT2D eigenvalue weighted by Gasteiger charge is -2.25. The third-order valence-corrected chi connectivity index (χ3v) is 6.33. The number of amides is 1. The maximum Gasteiger partial charge on any atom is 0.255 e. The van der Waals surface area contributed by atoms with E-state index in [0.717, 1.165) is 17.0 Å². The van der Waals surface area contributed by atoms with Crippen molar-refractivity contribution in [3.8, 4) is 5.82 Å². The highest BCUT2D eigenvalue weighted by Crippen LogP contribution is 2.26. The summed E-state index contributed by atoms with van der Waals surface area (Å²) >= 11 is 0. The summed E-state index contributed by atoms with van der Waals surface area (Å²) in [5.41, 5.74) is 3.12.